The number of anilines is 2. The van der Waals surface area contributed by atoms with Crippen molar-refractivity contribution in [3.8, 4) is 0 Å². The second kappa shape index (κ2) is 6.60. The van der Waals surface area contributed by atoms with Crippen LogP contribution in [0.3, 0.4) is 0 Å². The molecule has 0 saturated heterocycles. The molecule has 0 spiro atoms. The summed E-state index contributed by atoms with van der Waals surface area (Å²) in [4.78, 5) is 23.8. The molecule has 1 aromatic carbocycles. The second-order valence-electron chi connectivity index (χ2n) is 4.10. The van der Waals surface area contributed by atoms with Gasteiger partial charge in [-0.3, -0.25) is 0 Å². The predicted octanol–water partition coefficient (Wildman–Crippen LogP) is 0.320. The summed E-state index contributed by atoms with van der Waals surface area (Å²) < 4.78 is 0. The molecule has 0 heterocycles. The highest BCUT2D eigenvalue weighted by molar-refractivity contribution is 5.93. The number of aliphatic hydroxyl groups is 1. The first-order chi connectivity index (χ1) is 8.91. The van der Waals surface area contributed by atoms with E-state index in [-0.39, 0.29) is 6.54 Å². The minimum atomic E-state index is -1.62. The van der Waals surface area contributed by atoms with E-state index < -0.39 is 18.1 Å². The Morgan fingerprint density at radius 1 is 1.32 bits per heavy atom. The molecule has 7 heteroatoms. The number of nitrogens with zero attached hydrogens (tertiary/aromatic N) is 1. The Labute approximate surface area is 110 Å². The van der Waals surface area contributed by atoms with E-state index in [4.69, 9.17) is 10.2 Å². The summed E-state index contributed by atoms with van der Waals surface area (Å²) in [6, 6.07) is 6.60. The Morgan fingerprint density at radius 3 is 2.53 bits per heavy atom. The molecule has 0 aliphatic heterocycles. The number of nitrogens with one attached hydrogen (secondary N) is 2. The summed E-state index contributed by atoms with van der Waals surface area (Å²) in [6.45, 7) is -0.356. The fourth-order valence-electron chi connectivity index (χ4n) is 1.41. The number of carbonyl (C=O) groups is 2. The largest absolute Gasteiger partial charge is 0.479 e. The van der Waals surface area contributed by atoms with E-state index in [1.165, 1.54) is 0 Å². The van der Waals surface area contributed by atoms with Crippen LogP contribution in [-0.2, 0) is 4.79 Å². The van der Waals surface area contributed by atoms with E-state index in [1.54, 1.807) is 12.1 Å². The number of carboxylic acid groups (broad SMARTS) is 1. The molecular formula is C12H17N3O4. The van der Waals surface area contributed by atoms with Crippen molar-refractivity contribution in [2.24, 2.45) is 0 Å². The van der Waals surface area contributed by atoms with Crippen molar-refractivity contribution >= 4 is 23.4 Å². The van der Waals surface area contributed by atoms with Gasteiger partial charge in [0, 0.05) is 14.1 Å². The first-order valence-electron chi connectivity index (χ1n) is 5.64. The number of hydrogen-bond acceptors (Lipinski definition) is 4. The Hall–Kier alpha value is -2.28. The number of urea groups is 1. The number of rotatable bonds is 5. The standard InChI is InChI=1S/C12H17N3O4/c1-15(2)9-6-4-3-5-8(9)14-12(19)13-7-10(16)11(17)18/h3-6,10,16H,7H2,1-2H3,(H,17,18)(H2,13,14,19). The monoisotopic (exact) mass is 267 g/mol. The fourth-order valence-corrected chi connectivity index (χ4v) is 1.41. The normalized spacial score (nSPS) is 11.5. The number of amides is 2. The van der Waals surface area contributed by atoms with Gasteiger partial charge in [0.05, 0.1) is 17.9 Å². The lowest BCUT2D eigenvalue weighted by molar-refractivity contribution is -0.146. The van der Waals surface area contributed by atoms with Crippen LogP contribution in [-0.4, -0.2) is 49.0 Å². The molecule has 1 unspecified atom stereocenters. The Morgan fingerprint density at radius 2 is 1.95 bits per heavy atom. The van der Waals surface area contributed by atoms with Crippen molar-refractivity contribution < 1.29 is 19.8 Å². The van der Waals surface area contributed by atoms with Crippen LogP contribution in [0, 0.1) is 0 Å². The lowest BCUT2D eigenvalue weighted by Crippen LogP contribution is -2.38. The van der Waals surface area contributed by atoms with Crippen LogP contribution in [0.15, 0.2) is 24.3 Å². The smallest absolute Gasteiger partial charge is 0.334 e. The van der Waals surface area contributed by atoms with Crippen molar-refractivity contribution in [1.29, 1.82) is 0 Å². The minimum Gasteiger partial charge on any atom is -0.479 e. The summed E-state index contributed by atoms with van der Waals surface area (Å²) in [7, 11) is 3.68. The molecule has 0 aliphatic carbocycles. The zero-order valence-corrected chi connectivity index (χ0v) is 10.8. The first kappa shape index (κ1) is 14.8. The molecule has 4 N–H and O–H groups in total. The van der Waals surface area contributed by atoms with Crippen LogP contribution >= 0.6 is 0 Å². The third-order valence-electron chi connectivity index (χ3n) is 2.38. The molecule has 0 fully saturated rings. The Kier molecular flexibility index (Phi) is 5.13. The van der Waals surface area contributed by atoms with Gasteiger partial charge in [0.2, 0.25) is 0 Å². The zero-order chi connectivity index (χ0) is 14.4. The molecule has 0 saturated carbocycles. The average molecular weight is 267 g/mol. The molecule has 104 valence electrons. The van der Waals surface area contributed by atoms with Gasteiger partial charge in [-0.1, -0.05) is 12.1 Å². The van der Waals surface area contributed by atoms with Gasteiger partial charge in [-0.05, 0) is 12.1 Å². The minimum absolute atomic E-state index is 0.356. The molecule has 1 aromatic rings. The summed E-state index contributed by atoms with van der Waals surface area (Å²) in [5, 5.41) is 22.4. The summed E-state index contributed by atoms with van der Waals surface area (Å²) in [5.41, 5.74) is 1.41. The molecule has 2 amide bonds. The highest BCUT2D eigenvalue weighted by Crippen LogP contribution is 2.23. The predicted molar refractivity (Wildman–Crippen MR) is 71.4 cm³/mol. The number of hydrogen-bond donors (Lipinski definition) is 4. The lowest BCUT2D eigenvalue weighted by Gasteiger charge is -2.18. The third-order valence-corrected chi connectivity index (χ3v) is 2.38. The van der Waals surface area contributed by atoms with Crippen LogP contribution in [0.25, 0.3) is 0 Å². The first-order valence-corrected chi connectivity index (χ1v) is 5.64. The Bertz CT molecular complexity index is 462. The molecule has 19 heavy (non-hydrogen) atoms. The van der Waals surface area contributed by atoms with E-state index in [9.17, 15) is 9.59 Å². The fraction of sp³-hybridized carbons (Fsp3) is 0.333. The van der Waals surface area contributed by atoms with Gasteiger partial charge < -0.3 is 25.7 Å². The van der Waals surface area contributed by atoms with Crippen LogP contribution in [0.4, 0.5) is 16.2 Å². The maximum absolute atomic E-state index is 11.6. The SMILES string of the molecule is CN(C)c1ccccc1NC(=O)NCC(O)C(=O)O. The number of carbonyl (C=O) groups excluding carboxylic acids is 1. The average Bonchev–Trinajstić information content (AvgIpc) is 2.36. The van der Waals surface area contributed by atoms with Crippen molar-refractivity contribution in [1.82, 2.24) is 5.32 Å². The van der Waals surface area contributed by atoms with Crippen molar-refractivity contribution in [2.45, 2.75) is 6.10 Å². The van der Waals surface area contributed by atoms with E-state index in [0.29, 0.717) is 5.69 Å². The number of benzene rings is 1. The van der Waals surface area contributed by atoms with E-state index in [2.05, 4.69) is 10.6 Å². The van der Waals surface area contributed by atoms with Crippen LogP contribution in [0.2, 0.25) is 0 Å². The van der Waals surface area contributed by atoms with Crippen molar-refractivity contribution in [2.75, 3.05) is 30.9 Å². The molecule has 0 aliphatic rings. The topological polar surface area (TPSA) is 102 Å². The molecular weight excluding hydrogens is 250 g/mol. The van der Waals surface area contributed by atoms with Gasteiger partial charge in [0.1, 0.15) is 0 Å². The van der Waals surface area contributed by atoms with Crippen molar-refractivity contribution in [3.05, 3.63) is 24.3 Å². The molecule has 1 rings (SSSR count). The maximum Gasteiger partial charge on any atom is 0.334 e. The van der Waals surface area contributed by atoms with Gasteiger partial charge in [-0.15, -0.1) is 0 Å². The van der Waals surface area contributed by atoms with Crippen molar-refractivity contribution in [3.63, 3.8) is 0 Å². The summed E-state index contributed by atoms with van der Waals surface area (Å²) >= 11 is 0. The maximum atomic E-state index is 11.6. The number of aliphatic hydroxyl groups excluding tert-OH is 1. The van der Waals surface area contributed by atoms with Crippen LogP contribution in [0.1, 0.15) is 0 Å². The molecule has 0 radical (unpaired) electrons. The van der Waals surface area contributed by atoms with Gasteiger partial charge in [0.15, 0.2) is 6.10 Å². The molecule has 0 bridgehead atoms. The van der Waals surface area contributed by atoms with E-state index >= 15 is 0 Å². The van der Waals surface area contributed by atoms with E-state index in [0.717, 1.165) is 5.69 Å². The number of aliphatic carboxylic acids is 1. The van der Waals surface area contributed by atoms with Crippen LogP contribution in [0.5, 0.6) is 0 Å². The van der Waals surface area contributed by atoms with Gasteiger partial charge in [-0.2, -0.15) is 0 Å². The van der Waals surface area contributed by atoms with E-state index in [1.807, 2.05) is 31.1 Å². The Balaban J connectivity index is 2.60. The quantitative estimate of drug-likeness (QED) is 0.615. The van der Waals surface area contributed by atoms with Gasteiger partial charge in [0.25, 0.3) is 0 Å². The number of para-hydroxylation sites is 2. The van der Waals surface area contributed by atoms with Gasteiger partial charge >= 0.3 is 12.0 Å². The highest BCUT2D eigenvalue weighted by atomic mass is 16.4. The second-order valence-corrected chi connectivity index (χ2v) is 4.10. The van der Waals surface area contributed by atoms with Crippen LogP contribution < -0.4 is 15.5 Å². The molecule has 7 nitrogen and oxygen atoms in total. The molecule has 0 aromatic heterocycles. The zero-order valence-electron chi connectivity index (χ0n) is 10.8. The summed E-state index contributed by atoms with van der Waals surface area (Å²) in [6.07, 6.45) is -1.62. The lowest BCUT2D eigenvalue weighted by atomic mass is 10.2. The highest BCUT2D eigenvalue weighted by Gasteiger charge is 2.14. The summed E-state index contributed by atoms with van der Waals surface area (Å²) in [5.74, 6) is -1.38. The number of carboxylic acids is 1. The van der Waals surface area contributed by atoms with Gasteiger partial charge in [-0.25, -0.2) is 9.59 Å². The molecule has 1 atom stereocenters. The third kappa shape index (κ3) is 4.47.